The summed E-state index contributed by atoms with van der Waals surface area (Å²) in [6.07, 6.45) is -0.623. The molecule has 0 aliphatic carbocycles. The number of hydrogen-bond acceptors (Lipinski definition) is 5. The van der Waals surface area contributed by atoms with Crippen molar-refractivity contribution in [1.29, 1.82) is 0 Å². The molecule has 0 atom stereocenters. The molecule has 4 aromatic rings. The Kier molecular flexibility index (Phi) is 5.66. The molecule has 0 saturated carbocycles. The number of amides is 1. The topological polar surface area (TPSA) is 73.1 Å². The van der Waals surface area contributed by atoms with Gasteiger partial charge in [0, 0.05) is 29.4 Å². The van der Waals surface area contributed by atoms with E-state index in [9.17, 15) is 18.0 Å². The van der Waals surface area contributed by atoms with Crippen LogP contribution >= 0.6 is 0 Å². The van der Waals surface area contributed by atoms with Gasteiger partial charge in [-0.15, -0.1) is 0 Å². The van der Waals surface area contributed by atoms with Crippen LogP contribution in [-0.4, -0.2) is 38.8 Å². The zero-order valence-corrected chi connectivity index (χ0v) is 19.1. The molecule has 0 N–H and O–H groups in total. The Hall–Kier alpha value is -3.95. The molecule has 1 amide bonds. The van der Waals surface area contributed by atoms with Gasteiger partial charge in [-0.1, -0.05) is 6.92 Å². The van der Waals surface area contributed by atoms with E-state index < -0.39 is 11.7 Å². The molecule has 3 heterocycles. The number of aryl methyl sites for hydroxylation is 2. The van der Waals surface area contributed by atoms with Crippen molar-refractivity contribution in [3.05, 3.63) is 65.6 Å². The summed E-state index contributed by atoms with van der Waals surface area (Å²) in [5.41, 5.74) is 2.37. The number of rotatable bonds is 4. The standard InChI is InChI=1S/C25H22F3N5O2/c1-3-8-33-22-21(14-30-33)35-10-9-32(24(22)34)20-7-4-16(11-15(20)2)23-29-13-17-12-18(25(26,27)28)5-6-19(17)31-23/h4-7,11-14H,3,8-10H2,1-2H3. The number of carbonyl (C=O) groups excluding carboxylic acids is 1. The summed E-state index contributed by atoms with van der Waals surface area (Å²) in [6, 6.07) is 8.89. The van der Waals surface area contributed by atoms with Crippen molar-refractivity contribution < 1.29 is 22.7 Å². The maximum Gasteiger partial charge on any atom is 0.416 e. The van der Waals surface area contributed by atoms with Crippen molar-refractivity contribution in [3.63, 3.8) is 0 Å². The molecule has 0 fully saturated rings. The predicted octanol–water partition coefficient (Wildman–Crippen LogP) is 5.27. The number of aromatic nitrogens is 4. The molecule has 35 heavy (non-hydrogen) atoms. The van der Waals surface area contributed by atoms with Gasteiger partial charge in [-0.25, -0.2) is 9.97 Å². The minimum absolute atomic E-state index is 0.179. The van der Waals surface area contributed by atoms with Gasteiger partial charge in [-0.3, -0.25) is 9.48 Å². The zero-order chi connectivity index (χ0) is 24.7. The van der Waals surface area contributed by atoms with Crippen molar-refractivity contribution in [1.82, 2.24) is 19.7 Å². The molecule has 0 bridgehead atoms. The molecule has 2 aromatic heterocycles. The molecule has 180 valence electrons. The van der Waals surface area contributed by atoms with Crippen LogP contribution in [0.25, 0.3) is 22.3 Å². The molecule has 0 saturated heterocycles. The van der Waals surface area contributed by atoms with Crippen LogP contribution in [0.3, 0.4) is 0 Å². The fraction of sp³-hybridized carbons (Fsp3) is 0.280. The van der Waals surface area contributed by atoms with Gasteiger partial charge in [0.15, 0.2) is 17.3 Å². The maximum atomic E-state index is 13.4. The SMILES string of the molecule is CCCn1ncc2c1C(=O)N(c1ccc(-c3ncc4cc(C(F)(F)F)ccc4n3)cc1C)CCO2. The van der Waals surface area contributed by atoms with Gasteiger partial charge in [0.05, 0.1) is 23.8 Å². The lowest BCUT2D eigenvalue weighted by atomic mass is 10.1. The van der Waals surface area contributed by atoms with Gasteiger partial charge in [-0.2, -0.15) is 18.3 Å². The fourth-order valence-electron chi connectivity index (χ4n) is 4.22. The van der Waals surface area contributed by atoms with Crippen LogP contribution in [0.4, 0.5) is 18.9 Å². The molecule has 0 radical (unpaired) electrons. The number of benzene rings is 2. The second kappa shape index (κ2) is 8.68. The van der Waals surface area contributed by atoms with E-state index in [1.807, 2.05) is 26.0 Å². The molecule has 5 rings (SSSR count). The number of hydrogen-bond donors (Lipinski definition) is 0. The van der Waals surface area contributed by atoms with Gasteiger partial charge in [0.2, 0.25) is 0 Å². The van der Waals surface area contributed by atoms with Crippen LogP contribution in [0, 0.1) is 6.92 Å². The smallest absolute Gasteiger partial charge is 0.416 e. The van der Waals surface area contributed by atoms with Crippen LogP contribution in [0.2, 0.25) is 0 Å². The Labute approximate surface area is 199 Å². The summed E-state index contributed by atoms with van der Waals surface area (Å²) in [4.78, 5) is 23.8. The highest BCUT2D eigenvalue weighted by Crippen LogP contribution is 2.33. The quantitative estimate of drug-likeness (QED) is 0.397. The van der Waals surface area contributed by atoms with E-state index in [0.717, 1.165) is 29.8 Å². The van der Waals surface area contributed by atoms with E-state index in [0.29, 0.717) is 53.4 Å². The fourth-order valence-corrected chi connectivity index (χ4v) is 4.22. The maximum absolute atomic E-state index is 13.4. The minimum atomic E-state index is -4.43. The zero-order valence-electron chi connectivity index (χ0n) is 19.1. The van der Waals surface area contributed by atoms with Crippen LogP contribution in [-0.2, 0) is 12.7 Å². The normalized spacial score (nSPS) is 14.1. The number of anilines is 1. The van der Waals surface area contributed by atoms with Crippen molar-refractivity contribution in [2.75, 3.05) is 18.1 Å². The summed E-state index contributed by atoms with van der Waals surface area (Å²) >= 11 is 0. The van der Waals surface area contributed by atoms with Crippen LogP contribution in [0.15, 0.2) is 48.8 Å². The highest BCUT2D eigenvalue weighted by Gasteiger charge is 2.31. The molecule has 1 aliphatic rings. The summed E-state index contributed by atoms with van der Waals surface area (Å²) in [5, 5.41) is 4.60. The number of ether oxygens (including phenoxy) is 1. The third-order valence-corrected chi connectivity index (χ3v) is 5.91. The van der Waals surface area contributed by atoms with E-state index >= 15 is 0 Å². The number of alkyl halides is 3. The molecular weight excluding hydrogens is 459 g/mol. The largest absolute Gasteiger partial charge is 0.488 e. The molecule has 1 aliphatic heterocycles. The summed E-state index contributed by atoms with van der Waals surface area (Å²) in [7, 11) is 0. The van der Waals surface area contributed by atoms with E-state index in [1.165, 1.54) is 12.3 Å². The Morgan fingerprint density at radius 3 is 2.69 bits per heavy atom. The molecule has 0 unspecified atom stereocenters. The molecule has 2 aromatic carbocycles. The third-order valence-electron chi connectivity index (χ3n) is 5.91. The van der Waals surface area contributed by atoms with E-state index in [1.54, 1.807) is 21.8 Å². The Morgan fingerprint density at radius 1 is 1.11 bits per heavy atom. The van der Waals surface area contributed by atoms with Gasteiger partial charge in [0.1, 0.15) is 6.61 Å². The first-order valence-corrected chi connectivity index (χ1v) is 11.2. The van der Waals surface area contributed by atoms with E-state index in [4.69, 9.17) is 4.74 Å². The van der Waals surface area contributed by atoms with Gasteiger partial charge in [-0.05, 0) is 55.3 Å². The second-order valence-electron chi connectivity index (χ2n) is 8.35. The van der Waals surface area contributed by atoms with Crippen molar-refractivity contribution in [2.24, 2.45) is 0 Å². The van der Waals surface area contributed by atoms with Crippen LogP contribution in [0.5, 0.6) is 5.75 Å². The molecule has 0 spiro atoms. The first kappa shape index (κ1) is 22.8. The Morgan fingerprint density at radius 2 is 1.94 bits per heavy atom. The van der Waals surface area contributed by atoms with Gasteiger partial charge < -0.3 is 9.64 Å². The summed E-state index contributed by atoms with van der Waals surface area (Å²) in [6.45, 7) is 5.23. The first-order chi connectivity index (χ1) is 16.8. The second-order valence-corrected chi connectivity index (χ2v) is 8.35. The third kappa shape index (κ3) is 4.20. The molecular formula is C25H22F3N5O2. The lowest BCUT2D eigenvalue weighted by Gasteiger charge is -2.23. The van der Waals surface area contributed by atoms with E-state index in [-0.39, 0.29) is 5.91 Å². The number of fused-ring (bicyclic) bond motifs is 2. The summed E-state index contributed by atoms with van der Waals surface area (Å²) < 4.78 is 46.4. The highest BCUT2D eigenvalue weighted by molar-refractivity contribution is 6.07. The molecule has 10 heteroatoms. The van der Waals surface area contributed by atoms with Gasteiger partial charge >= 0.3 is 6.18 Å². The first-order valence-electron chi connectivity index (χ1n) is 11.2. The average Bonchev–Trinajstić information content (AvgIpc) is 3.15. The lowest BCUT2D eigenvalue weighted by molar-refractivity contribution is -0.137. The molecule has 7 nitrogen and oxygen atoms in total. The van der Waals surface area contributed by atoms with Gasteiger partial charge in [0.25, 0.3) is 5.91 Å². The minimum Gasteiger partial charge on any atom is -0.488 e. The van der Waals surface area contributed by atoms with Crippen LogP contribution < -0.4 is 9.64 Å². The lowest BCUT2D eigenvalue weighted by Crippen LogP contribution is -2.34. The number of halogens is 3. The number of nitrogens with zero attached hydrogens (tertiary/aromatic N) is 5. The highest BCUT2D eigenvalue weighted by atomic mass is 19.4. The number of carbonyl (C=O) groups is 1. The van der Waals surface area contributed by atoms with Crippen molar-refractivity contribution >= 4 is 22.5 Å². The Bertz CT molecular complexity index is 1430. The van der Waals surface area contributed by atoms with Crippen molar-refractivity contribution in [2.45, 2.75) is 33.0 Å². The summed E-state index contributed by atoms with van der Waals surface area (Å²) in [5.74, 6) is 0.695. The predicted molar refractivity (Wildman–Crippen MR) is 124 cm³/mol. The Balaban J connectivity index is 1.47. The monoisotopic (exact) mass is 481 g/mol. The van der Waals surface area contributed by atoms with Crippen LogP contribution in [0.1, 0.15) is 35.0 Å². The van der Waals surface area contributed by atoms with Crippen molar-refractivity contribution in [3.8, 4) is 17.1 Å². The average molecular weight is 481 g/mol. The van der Waals surface area contributed by atoms with E-state index in [2.05, 4.69) is 15.1 Å².